The maximum atomic E-state index is 10.6. The summed E-state index contributed by atoms with van der Waals surface area (Å²) < 4.78 is 2.61. The number of allylic oxidation sites excluding steroid dienone is 1. The topological polar surface area (TPSA) is 43.1 Å². The monoisotopic (exact) mass is 319 g/mol. The zero-order chi connectivity index (χ0) is 13.7. The molecule has 2 aromatic carbocycles. The first-order valence-corrected chi connectivity index (χ1v) is 7.52. The second-order valence-corrected chi connectivity index (χ2v) is 6.79. The van der Waals surface area contributed by atoms with Crippen LogP contribution in [0.2, 0.25) is 0 Å². The maximum absolute atomic E-state index is 10.6. The van der Waals surface area contributed by atoms with Crippen LogP contribution in [-0.4, -0.2) is 19.9 Å². The van der Waals surface area contributed by atoms with Gasteiger partial charge in [-0.15, -0.1) is 0 Å². The molecule has 0 saturated heterocycles. The number of hydrogen-bond acceptors (Lipinski definition) is 2. The van der Waals surface area contributed by atoms with Crippen molar-refractivity contribution in [2.75, 3.05) is 0 Å². The molecule has 0 heterocycles. The molecule has 96 valence electrons. The molecule has 4 heteroatoms. The second-order valence-electron chi connectivity index (χ2n) is 4.02. The molecular weight excluding hydrogens is 305 g/mol. The van der Waals surface area contributed by atoms with E-state index in [4.69, 9.17) is 0 Å². The number of hydrogen-bond donors (Lipinski definition) is 0. The predicted octanol–water partition coefficient (Wildman–Crippen LogP) is 2.99. The summed E-state index contributed by atoms with van der Waals surface area (Å²) in [6.45, 7) is 2.09. The third-order valence-corrected chi connectivity index (χ3v) is 4.48. The Bertz CT molecular complexity index is 591. The van der Waals surface area contributed by atoms with Crippen molar-refractivity contribution in [2.45, 2.75) is 6.92 Å². The molecule has 0 N–H and O–H groups in total. The SMILES string of the molecule is C/C(=C\c1ccc([N+](=O)[O-])cc1)[Se]c1ccccc1. The number of nitrogens with zero attached hydrogens (tertiary/aromatic N) is 1. The number of non-ortho nitro benzene ring substituents is 1. The van der Waals surface area contributed by atoms with Crippen molar-refractivity contribution in [1.29, 1.82) is 0 Å². The van der Waals surface area contributed by atoms with Crippen LogP contribution in [0.5, 0.6) is 0 Å². The van der Waals surface area contributed by atoms with Gasteiger partial charge in [0.05, 0.1) is 0 Å². The average molecular weight is 318 g/mol. The molecule has 19 heavy (non-hydrogen) atoms. The van der Waals surface area contributed by atoms with Gasteiger partial charge < -0.3 is 0 Å². The molecule has 0 aliphatic carbocycles. The first-order valence-electron chi connectivity index (χ1n) is 5.81. The summed E-state index contributed by atoms with van der Waals surface area (Å²) in [5.41, 5.74) is 1.13. The zero-order valence-electron chi connectivity index (χ0n) is 10.4. The quantitative estimate of drug-likeness (QED) is 0.494. The Morgan fingerprint density at radius 2 is 1.74 bits per heavy atom. The van der Waals surface area contributed by atoms with Crippen LogP contribution in [0.3, 0.4) is 0 Å². The van der Waals surface area contributed by atoms with Gasteiger partial charge in [0.15, 0.2) is 0 Å². The molecule has 2 rings (SSSR count). The van der Waals surface area contributed by atoms with Crippen LogP contribution in [0.1, 0.15) is 12.5 Å². The van der Waals surface area contributed by atoms with Gasteiger partial charge in [-0.05, 0) is 0 Å². The third kappa shape index (κ3) is 4.05. The van der Waals surface area contributed by atoms with Gasteiger partial charge in [0.2, 0.25) is 0 Å². The fourth-order valence-corrected chi connectivity index (χ4v) is 3.44. The van der Waals surface area contributed by atoms with Gasteiger partial charge in [0.25, 0.3) is 0 Å². The molecule has 0 spiro atoms. The molecule has 0 saturated carbocycles. The molecule has 0 atom stereocenters. The molecule has 0 aliphatic rings. The van der Waals surface area contributed by atoms with Gasteiger partial charge in [-0.3, -0.25) is 0 Å². The van der Waals surface area contributed by atoms with Crippen molar-refractivity contribution in [3.63, 3.8) is 0 Å². The predicted molar refractivity (Wildman–Crippen MR) is 78.6 cm³/mol. The van der Waals surface area contributed by atoms with E-state index in [0.29, 0.717) is 15.0 Å². The van der Waals surface area contributed by atoms with Crippen LogP contribution in [-0.2, 0) is 0 Å². The van der Waals surface area contributed by atoms with E-state index in [1.165, 1.54) is 21.1 Å². The Kier molecular flexibility index (Phi) is 4.50. The fraction of sp³-hybridized carbons (Fsp3) is 0.0667. The molecule has 0 radical (unpaired) electrons. The molecule has 2 aromatic rings. The molecular formula is C15H13NO2Se. The van der Waals surface area contributed by atoms with Gasteiger partial charge in [0.1, 0.15) is 0 Å². The van der Waals surface area contributed by atoms with Crippen LogP contribution in [0.15, 0.2) is 59.1 Å². The van der Waals surface area contributed by atoms with Crippen molar-refractivity contribution >= 4 is 31.2 Å². The van der Waals surface area contributed by atoms with Gasteiger partial charge in [-0.2, -0.15) is 0 Å². The molecule has 0 aliphatic heterocycles. The Morgan fingerprint density at radius 3 is 2.32 bits per heavy atom. The summed E-state index contributed by atoms with van der Waals surface area (Å²) in [4.78, 5) is 10.2. The minimum absolute atomic E-state index is 0.128. The van der Waals surface area contributed by atoms with Crippen molar-refractivity contribution in [3.05, 3.63) is 74.7 Å². The zero-order valence-corrected chi connectivity index (χ0v) is 12.2. The summed E-state index contributed by atoms with van der Waals surface area (Å²) in [5, 5.41) is 10.6. The van der Waals surface area contributed by atoms with Crippen molar-refractivity contribution in [2.24, 2.45) is 0 Å². The Labute approximate surface area is 118 Å². The average Bonchev–Trinajstić information content (AvgIpc) is 2.40. The van der Waals surface area contributed by atoms with Crippen LogP contribution in [0.4, 0.5) is 5.69 Å². The van der Waals surface area contributed by atoms with E-state index in [0.717, 1.165) is 5.56 Å². The summed E-state index contributed by atoms with van der Waals surface area (Å²) in [5.74, 6) is 0. The Balaban J connectivity index is 2.10. The normalized spacial score (nSPS) is 11.3. The van der Waals surface area contributed by atoms with Gasteiger partial charge >= 0.3 is 118 Å². The molecule has 0 amide bonds. The van der Waals surface area contributed by atoms with E-state index in [9.17, 15) is 10.1 Å². The van der Waals surface area contributed by atoms with Crippen LogP contribution in [0, 0.1) is 10.1 Å². The fourth-order valence-electron chi connectivity index (χ4n) is 1.63. The standard InChI is InChI=1S/C15H13NO2Se/c1-12(19-15-5-3-2-4-6-15)11-13-7-9-14(10-8-13)16(17)18/h2-11H,1H3/b12-11+. The molecule has 0 fully saturated rings. The molecule has 0 bridgehead atoms. The van der Waals surface area contributed by atoms with Crippen molar-refractivity contribution in [1.82, 2.24) is 0 Å². The number of nitro groups is 1. The summed E-state index contributed by atoms with van der Waals surface area (Å²) in [6.07, 6.45) is 2.08. The minimum atomic E-state index is -0.381. The third-order valence-electron chi connectivity index (χ3n) is 2.50. The van der Waals surface area contributed by atoms with E-state index in [2.05, 4.69) is 25.1 Å². The number of rotatable bonds is 4. The van der Waals surface area contributed by atoms with E-state index < -0.39 is 0 Å². The summed E-state index contributed by atoms with van der Waals surface area (Å²) in [6, 6.07) is 17.0. The van der Waals surface area contributed by atoms with Gasteiger partial charge in [0, 0.05) is 0 Å². The molecule has 3 nitrogen and oxygen atoms in total. The molecule has 0 unspecified atom stereocenters. The number of benzene rings is 2. The van der Waals surface area contributed by atoms with E-state index in [1.807, 2.05) is 18.2 Å². The first-order chi connectivity index (χ1) is 9.15. The second kappa shape index (κ2) is 6.32. The summed E-state index contributed by atoms with van der Waals surface area (Å²) >= 11 is 0.295. The summed E-state index contributed by atoms with van der Waals surface area (Å²) in [7, 11) is 0. The van der Waals surface area contributed by atoms with Gasteiger partial charge in [-0.25, -0.2) is 0 Å². The van der Waals surface area contributed by atoms with Crippen LogP contribution in [0.25, 0.3) is 6.08 Å². The first kappa shape index (κ1) is 13.5. The van der Waals surface area contributed by atoms with E-state index in [-0.39, 0.29) is 10.6 Å². The Hall–Kier alpha value is -1.90. The van der Waals surface area contributed by atoms with Gasteiger partial charge in [-0.1, -0.05) is 0 Å². The van der Waals surface area contributed by atoms with E-state index in [1.54, 1.807) is 12.1 Å². The van der Waals surface area contributed by atoms with E-state index >= 15 is 0 Å². The van der Waals surface area contributed by atoms with Crippen molar-refractivity contribution in [3.8, 4) is 0 Å². The Morgan fingerprint density at radius 1 is 1.11 bits per heavy atom. The number of nitro benzene ring substituents is 1. The van der Waals surface area contributed by atoms with Crippen LogP contribution >= 0.6 is 0 Å². The van der Waals surface area contributed by atoms with Crippen molar-refractivity contribution < 1.29 is 4.92 Å². The molecule has 0 aromatic heterocycles. The van der Waals surface area contributed by atoms with Crippen LogP contribution < -0.4 is 4.46 Å².